The molecule has 0 aromatic rings. The molecule has 116 valence electrons. The smallest absolute Gasteiger partial charge is 0.315 e. The number of aliphatic carboxylic acids is 1. The number of nitrogens with one attached hydrogen (secondary N) is 2. The van der Waals surface area contributed by atoms with E-state index in [1.807, 2.05) is 0 Å². The molecule has 3 N–H and O–H groups in total. The Kier molecular flexibility index (Phi) is 5.01. The van der Waals surface area contributed by atoms with Gasteiger partial charge >= 0.3 is 12.0 Å². The second kappa shape index (κ2) is 5.99. The summed E-state index contributed by atoms with van der Waals surface area (Å²) in [6, 6.07) is -0.531. The highest BCUT2D eigenvalue weighted by Crippen LogP contribution is 2.22. The van der Waals surface area contributed by atoms with Crippen molar-refractivity contribution in [1.82, 2.24) is 10.6 Å². The first-order valence-corrected chi connectivity index (χ1v) is 8.36. The van der Waals surface area contributed by atoms with Crippen LogP contribution in [-0.2, 0) is 14.6 Å². The lowest BCUT2D eigenvalue weighted by Gasteiger charge is -2.25. The van der Waals surface area contributed by atoms with Crippen LogP contribution in [0.2, 0.25) is 0 Å². The fourth-order valence-electron chi connectivity index (χ4n) is 2.24. The minimum atomic E-state index is -3.09. The lowest BCUT2D eigenvalue weighted by molar-refractivity contribution is -0.142. The molecule has 0 aliphatic carbocycles. The van der Waals surface area contributed by atoms with Gasteiger partial charge in [-0.25, -0.2) is 13.2 Å². The molecule has 1 heterocycles. The van der Waals surface area contributed by atoms with Crippen molar-refractivity contribution in [3.05, 3.63) is 0 Å². The number of rotatable bonds is 5. The maximum atomic E-state index is 11.8. The largest absolute Gasteiger partial charge is 0.481 e. The van der Waals surface area contributed by atoms with Gasteiger partial charge < -0.3 is 15.7 Å². The van der Waals surface area contributed by atoms with Gasteiger partial charge in [0.1, 0.15) is 0 Å². The van der Waals surface area contributed by atoms with Crippen LogP contribution in [0.5, 0.6) is 0 Å². The Morgan fingerprint density at radius 2 is 1.95 bits per heavy atom. The quantitative estimate of drug-likeness (QED) is 0.672. The maximum absolute atomic E-state index is 11.8. The van der Waals surface area contributed by atoms with Gasteiger partial charge in [-0.05, 0) is 19.3 Å². The molecular formula is C12H22N2O5S. The lowest BCUT2D eigenvalue weighted by Crippen LogP contribution is -2.52. The van der Waals surface area contributed by atoms with Gasteiger partial charge in [-0.15, -0.1) is 0 Å². The van der Waals surface area contributed by atoms with E-state index in [9.17, 15) is 18.0 Å². The van der Waals surface area contributed by atoms with Gasteiger partial charge in [0.2, 0.25) is 0 Å². The van der Waals surface area contributed by atoms with Crippen molar-refractivity contribution >= 4 is 21.8 Å². The fraction of sp³-hybridized carbons (Fsp3) is 0.833. The zero-order valence-corrected chi connectivity index (χ0v) is 12.8. The second-order valence-corrected chi connectivity index (χ2v) is 8.11. The fourth-order valence-corrected chi connectivity index (χ4v) is 4.33. The third-order valence-electron chi connectivity index (χ3n) is 3.52. The number of sulfone groups is 1. The highest BCUT2D eigenvalue weighted by Gasteiger charge is 2.39. The Labute approximate surface area is 119 Å². The number of carboxylic acids is 1. The average molecular weight is 306 g/mol. The monoisotopic (exact) mass is 306 g/mol. The summed E-state index contributed by atoms with van der Waals surface area (Å²) in [5.74, 6) is -1.75. The van der Waals surface area contributed by atoms with Crippen LogP contribution in [0, 0.1) is 11.8 Å². The number of carbonyl (C=O) groups excluding carboxylic acids is 1. The SMILES string of the molecule is CC(C)C(CNC(=O)NC1(C)CCS(=O)(=O)C1)C(=O)O. The van der Waals surface area contributed by atoms with Gasteiger partial charge in [0.05, 0.1) is 23.0 Å². The van der Waals surface area contributed by atoms with E-state index in [1.165, 1.54) is 0 Å². The van der Waals surface area contributed by atoms with E-state index in [0.717, 1.165) is 0 Å². The molecule has 0 aromatic heterocycles. The molecule has 1 fully saturated rings. The van der Waals surface area contributed by atoms with E-state index >= 15 is 0 Å². The number of hydrogen-bond acceptors (Lipinski definition) is 4. The third kappa shape index (κ3) is 4.66. The van der Waals surface area contributed by atoms with Crippen LogP contribution in [0.3, 0.4) is 0 Å². The van der Waals surface area contributed by atoms with E-state index in [1.54, 1.807) is 20.8 Å². The molecule has 0 bridgehead atoms. The number of urea groups is 1. The van der Waals surface area contributed by atoms with Crippen molar-refractivity contribution in [1.29, 1.82) is 0 Å². The molecule has 20 heavy (non-hydrogen) atoms. The highest BCUT2D eigenvalue weighted by molar-refractivity contribution is 7.91. The van der Waals surface area contributed by atoms with E-state index in [4.69, 9.17) is 5.11 Å². The standard InChI is InChI=1S/C12H22N2O5S/c1-8(2)9(10(15)16)6-13-11(17)14-12(3)4-5-20(18,19)7-12/h8-9H,4-7H2,1-3H3,(H,15,16)(H2,13,14,17). The van der Waals surface area contributed by atoms with Gasteiger partial charge in [-0.1, -0.05) is 13.8 Å². The van der Waals surface area contributed by atoms with Crippen LogP contribution in [0.25, 0.3) is 0 Å². The van der Waals surface area contributed by atoms with Crippen LogP contribution in [0.1, 0.15) is 27.2 Å². The van der Waals surface area contributed by atoms with Crippen LogP contribution >= 0.6 is 0 Å². The van der Waals surface area contributed by atoms with Crippen LogP contribution < -0.4 is 10.6 Å². The number of carboxylic acid groups (broad SMARTS) is 1. The Morgan fingerprint density at radius 3 is 2.35 bits per heavy atom. The van der Waals surface area contributed by atoms with Gasteiger partial charge in [-0.2, -0.15) is 0 Å². The zero-order valence-electron chi connectivity index (χ0n) is 12.0. The van der Waals surface area contributed by atoms with E-state index in [-0.39, 0.29) is 24.0 Å². The Bertz CT molecular complexity index is 488. The highest BCUT2D eigenvalue weighted by atomic mass is 32.2. The van der Waals surface area contributed by atoms with Crippen molar-refractivity contribution in [2.24, 2.45) is 11.8 Å². The first-order chi connectivity index (χ1) is 9.05. The summed E-state index contributed by atoms with van der Waals surface area (Å²) in [6.45, 7) is 5.22. The van der Waals surface area contributed by atoms with Crippen LogP contribution in [-0.4, -0.2) is 49.1 Å². The van der Waals surface area contributed by atoms with Crippen molar-refractivity contribution in [3.63, 3.8) is 0 Å². The number of amides is 2. The molecule has 0 radical (unpaired) electrons. The summed E-state index contributed by atoms with van der Waals surface area (Å²) in [7, 11) is -3.09. The van der Waals surface area contributed by atoms with Gasteiger partial charge in [-0.3, -0.25) is 4.79 Å². The molecule has 2 unspecified atom stereocenters. The molecule has 1 saturated heterocycles. The Morgan fingerprint density at radius 1 is 1.35 bits per heavy atom. The van der Waals surface area contributed by atoms with Gasteiger partial charge in [0.15, 0.2) is 9.84 Å². The predicted molar refractivity (Wildman–Crippen MR) is 74.2 cm³/mol. The molecular weight excluding hydrogens is 284 g/mol. The number of hydrogen-bond donors (Lipinski definition) is 3. The molecule has 8 heteroatoms. The lowest BCUT2D eigenvalue weighted by atomic mass is 9.96. The van der Waals surface area contributed by atoms with Crippen molar-refractivity contribution in [3.8, 4) is 0 Å². The molecule has 2 atom stereocenters. The molecule has 0 saturated carbocycles. The van der Waals surface area contributed by atoms with E-state index in [2.05, 4.69) is 10.6 Å². The zero-order chi connectivity index (χ0) is 15.6. The Balaban J connectivity index is 2.50. The summed E-state index contributed by atoms with van der Waals surface area (Å²) in [5, 5.41) is 14.1. The summed E-state index contributed by atoms with van der Waals surface area (Å²) >= 11 is 0. The predicted octanol–water partition coefficient (Wildman–Crippen LogP) is 0.220. The molecule has 1 rings (SSSR count). The van der Waals surface area contributed by atoms with Crippen LogP contribution in [0.15, 0.2) is 0 Å². The van der Waals surface area contributed by atoms with E-state index in [0.29, 0.717) is 6.42 Å². The molecule has 1 aliphatic rings. The topological polar surface area (TPSA) is 113 Å². The molecule has 2 amide bonds. The van der Waals surface area contributed by atoms with Crippen molar-refractivity contribution < 1.29 is 23.1 Å². The van der Waals surface area contributed by atoms with Gasteiger partial charge in [0, 0.05) is 6.54 Å². The average Bonchev–Trinajstić information content (AvgIpc) is 2.51. The summed E-state index contributed by atoms with van der Waals surface area (Å²) in [4.78, 5) is 22.8. The summed E-state index contributed by atoms with van der Waals surface area (Å²) in [5.41, 5.74) is -0.778. The van der Waals surface area contributed by atoms with Crippen LogP contribution in [0.4, 0.5) is 4.79 Å². The minimum absolute atomic E-state index is 0.0155. The molecule has 0 aromatic carbocycles. The normalized spacial score (nSPS) is 26.2. The van der Waals surface area contributed by atoms with Crippen molar-refractivity contribution in [2.45, 2.75) is 32.7 Å². The molecule has 0 spiro atoms. The van der Waals surface area contributed by atoms with Crippen molar-refractivity contribution in [2.75, 3.05) is 18.1 Å². The maximum Gasteiger partial charge on any atom is 0.315 e. The first kappa shape index (κ1) is 16.7. The van der Waals surface area contributed by atoms with Gasteiger partial charge in [0.25, 0.3) is 0 Å². The first-order valence-electron chi connectivity index (χ1n) is 6.54. The second-order valence-electron chi connectivity index (χ2n) is 5.93. The minimum Gasteiger partial charge on any atom is -0.481 e. The van der Waals surface area contributed by atoms with E-state index < -0.39 is 33.3 Å². The molecule has 7 nitrogen and oxygen atoms in total. The molecule has 1 aliphatic heterocycles. The summed E-state index contributed by atoms with van der Waals surface area (Å²) < 4.78 is 22.8. The summed E-state index contributed by atoms with van der Waals surface area (Å²) in [6.07, 6.45) is 0.370. The number of carbonyl (C=O) groups is 2. The Hall–Kier alpha value is -1.31. The third-order valence-corrected chi connectivity index (χ3v) is 5.43.